The molecule has 15 nitrogen and oxygen atoms in total. The SMILES string of the molecule is CN(C)CCCn1cc(C2=C(c3c[nH]c4ccccc34)C(=O)CC2=O)c2ccccc21.CN1CCCC1CCn1cc(C2=C(c3c[nH]c4ccccc34)C(=O)CC2=O)c2ccccc21.Cl.NCCCn1cc(C2=C(c3c[nH]c4ccccc34)C(=O)CC2=O)c2ccccc21. The van der Waals surface area contributed by atoms with E-state index >= 15 is 0 Å². The molecule has 0 saturated carbocycles. The van der Waals surface area contributed by atoms with Crippen molar-refractivity contribution in [2.24, 2.45) is 5.73 Å². The van der Waals surface area contributed by atoms with Gasteiger partial charge in [-0.2, -0.15) is 0 Å². The number of carbonyl (C=O) groups excluding carboxylic acids is 6. The van der Waals surface area contributed by atoms with Crippen molar-refractivity contribution in [2.75, 3.05) is 40.8 Å². The lowest BCUT2D eigenvalue weighted by molar-refractivity contribution is -0.121. The summed E-state index contributed by atoms with van der Waals surface area (Å²) in [4.78, 5) is 92.6. The second-order valence-corrected chi connectivity index (χ2v) is 25.2. The molecule has 3 aliphatic carbocycles. The first-order valence-electron chi connectivity index (χ1n) is 32.3. The van der Waals surface area contributed by atoms with E-state index in [4.69, 9.17) is 5.73 Å². The Kier molecular flexibility index (Phi) is 17.7. The lowest BCUT2D eigenvalue weighted by Gasteiger charge is -2.19. The van der Waals surface area contributed by atoms with Crippen LogP contribution in [-0.2, 0) is 48.4 Å². The first kappa shape index (κ1) is 62.8. The van der Waals surface area contributed by atoms with Gasteiger partial charge in [0.2, 0.25) is 0 Å². The van der Waals surface area contributed by atoms with Crippen LogP contribution in [0.2, 0.25) is 0 Å². The van der Waals surface area contributed by atoms with Crippen molar-refractivity contribution in [2.45, 2.75) is 77.0 Å². The summed E-state index contributed by atoms with van der Waals surface area (Å²) >= 11 is 0. The van der Waals surface area contributed by atoms with Crippen LogP contribution in [0.4, 0.5) is 0 Å². The van der Waals surface area contributed by atoms with Crippen LogP contribution in [0, 0.1) is 0 Å². The molecule has 16 heteroatoms. The lowest BCUT2D eigenvalue weighted by atomic mass is 9.95. The Labute approximate surface area is 550 Å². The largest absolute Gasteiger partial charge is 0.361 e. The smallest absolute Gasteiger partial charge is 0.172 e. The van der Waals surface area contributed by atoms with Gasteiger partial charge in [0, 0.05) is 195 Å². The average molecular weight is 1270 g/mol. The fourth-order valence-electron chi connectivity index (χ4n) is 14.7. The fraction of sp³-hybridized carbons (Fsp3) is 0.231. The van der Waals surface area contributed by atoms with Crippen LogP contribution in [0.3, 0.4) is 0 Å². The third-order valence-electron chi connectivity index (χ3n) is 19.1. The van der Waals surface area contributed by atoms with E-state index in [1.54, 1.807) is 0 Å². The Hall–Kier alpha value is -10.0. The molecule has 1 unspecified atom stereocenters. The van der Waals surface area contributed by atoms with Crippen LogP contribution in [0.5, 0.6) is 0 Å². The standard InChI is InChI=1S/C28H27N3O2.C26H25N3O2.C24H21N3O2.ClH/c1-30-13-6-7-18(30)12-14-31-17-22(20-9-3-5-11-24(20)31)28-26(33)15-25(32)27(28)21-16-29-23-10-4-2-8-19(21)23;1-28(2)12-7-13-29-16-20(18-9-4-6-11-22(18)29)26-24(31)14-23(30)25(26)19-15-27-21-10-5-3-8-17(19)21;25-10-5-11-27-14-18(16-7-2-4-9-20(16)27)24-22(29)12-21(28)23(24)17-13-26-19-8-3-1-6-15(17)19;/h2-5,8-11,16-18,29H,6-7,12-15H2,1H3;3-6,8-11,15-16,27H,7,12-14H2,1-2H3;1-4,6-9,13-14,26H,5,10-12,25H2;1H. The zero-order valence-corrected chi connectivity index (χ0v) is 53.8. The molecule has 6 aromatic heterocycles. The average Bonchev–Trinajstić information content (AvgIpc) is 1.61. The minimum absolute atomic E-state index is 0. The molecule has 1 aliphatic heterocycles. The number of fused-ring (bicyclic) bond motifs is 6. The summed E-state index contributed by atoms with van der Waals surface area (Å²) in [6.45, 7) is 5.28. The van der Waals surface area contributed by atoms with E-state index in [9.17, 15) is 28.8 Å². The Bertz CT molecular complexity index is 5110. The molecule has 4 aliphatic rings. The number of likely N-dealkylation sites (tertiary alicyclic amines) is 1. The number of hydrogen-bond acceptors (Lipinski definition) is 9. The van der Waals surface area contributed by atoms with Crippen LogP contribution in [0.15, 0.2) is 183 Å². The molecule has 1 saturated heterocycles. The monoisotopic (exact) mass is 1270 g/mol. The number of para-hydroxylation sites is 6. The third-order valence-corrected chi connectivity index (χ3v) is 19.1. The molecule has 12 aromatic rings. The number of H-pyrrole nitrogens is 3. The van der Waals surface area contributed by atoms with E-state index < -0.39 is 0 Å². The second-order valence-electron chi connectivity index (χ2n) is 25.2. The Morgan fingerprint density at radius 2 is 0.745 bits per heavy atom. The zero-order valence-electron chi connectivity index (χ0n) is 53.0. The van der Waals surface area contributed by atoms with Gasteiger partial charge >= 0.3 is 0 Å². The van der Waals surface area contributed by atoms with Crippen LogP contribution in [-0.4, -0.2) is 120 Å². The van der Waals surface area contributed by atoms with Crippen LogP contribution in [0.25, 0.3) is 98.9 Å². The van der Waals surface area contributed by atoms with Crippen molar-refractivity contribution in [3.8, 4) is 0 Å². The van der Waals surface area contributed by atoms with Gasteiger partial charge in [0.05, 0.1) is 19.3 Å². The highest BCUT2D eigenvalue weighted by atomic mass is 35.5. The molecule has 0 spiro atoms. The highest BCUT2D eigenvalue weighted by Crippen LogP contribution is 2.45. The summed E-state index contributed by atoms with van der Waals surface area (Å²) < 4.78 is 6.62. The number of aromatic amines is 3. The van der Waals surface area contributed by atoms with E-state index in [1.165, 1.54) is 19.4 Å². The molecule has 94 heavy (non-hydrogen) atoms. The van der Waals surface area contributed by atoms with E-state index in [2.05, 4.69) is 90.2 Å². The third kappa shape index (κ3) is 11.5. The minimum atomic E-state index is -0.117. The number of carbonyl (C=O) groups is 6. The number of Topliss-reactive ketones (excluding diaryl/α,β-unsaturated/α-hetero) is 6. The maximum Gasteiger partial charge on any atom is 0.172 e. The number of halogens is 1. The number of nitrogens with one attached hydrogen (secondary N) is 3. The molecule has 474 valence electrons. The summed E-state index contributed by atoms with van der Waals surface area (Å²) in [5.74, 6) is -0.607. The van der Waals surface area contributed by atoms with Gasteiger partial charge in [-0.25, -0.2) is 0 Å². The van der Waals surface area contributed by atoms with E-state index in [0.29, 0.717) is 46.0 Å². The number of aromatic nitrogens is 6. The predicted octanol–water partition coefficient (Wildman–Crippen LogP) is 13.9. The summed E-state index contributed by atoms with van der Waals surface area (Å²) in [5, 5.41) is 5.93. The lowest BCUT2D eigenvalue weighted by Crippen LogP contribution is -2.25. The summed E-state index contributed by atoms with van der Waals surface area (Å²) in [6.07, 6.45) is 16.9. The van der Waals surface area contributed by atoms with Crippen LogP contribution in [0.1, 0.15) is 84.7 Å². The molecule has 6 aromatic carbocycles. The topological polar surface area (TPSA) is 197 Å². The van der Waals surface area contributed by atoms with Gasteiger partial charge in [0.25, 0.3) is 0 Å². The van der Waals surface area contributed by atoms with Gasteiger partial charge in [-0.15, -0.1) is 12.4 Å². The minimum Gasteiger partial charge on any atom is -0.361 e. The molecule has 1 atom stereocenters. The molecule has 7 heterocycles. The molecule has 1 fully saturated rings. The van der Waals surface area contributed by atoms with E-state index in [-0.39, 0.29) is 66.4 Å². The highest BCUT2D eigenvalue weighted by Gasteiger charge is 2.38. The highest BCUT2D eigenvalue weighted by molar-refractivity contribution is 6.54. The quantitative estimate of drug-likeness (QED) is 0.0680. The van der Waals surface area contributed by atoms with Gasteiger partial charge in [-0.1, -0.05) is 109 Å². The van der Waals surface area contributed by atoms with Crippen molar-refractivity contribution in [3.05, 3.63) is 216 Å². The normalized spacial score (nSPS) is 16.2. The molecule has 0 amide bonds. The molecule has 5 N–H and O–H groups in total. The number of nitrogens with zero attached hydrogens (tertiary/aromatic N) is 5. The Balaban J connectivity index is 0.000000128. The maximum absolute atomic E-state index is 13.2. The van der Waals surface area contributed by atoms with Crippen molar-refractivity contribution in [1.82, 2.24) is 38.5 Å². The molecule has 0 radical (unpaired) electrons. The van der Waals surface area contributed by atoms with Crippen molar-refractivity contribution < 1.29 is 28.8 Å². The van der Waals surface area contributed by atoms with Crippen molar-refractivity contribution in [1.29, 1.82) is 0 Å². The molecular formula is C78H74ClN9O6. The summed E-state index contributed by atoms with van der Waals surface area (Å²) in [5.41, 5.74) is 20.1. The number of aryl methyl sites for hydroxylation is 3. The number of rotatable bonds is 16. The Morgan fingerprint density at radius 3 is 1.09 bits per heavy atom. The predicted molar refractivity (Wildman–Crippen MR) is 379 cm³/mol. The maximum atomic E-state index is 13.2. The van der Waals surface area contributed by atoms with Gasteiger partial charge in [0.1, 0.15) is 0 Å². The molecular weight excluding hydrogens is 1190 g/mol. The first-order valence-corrected chi connectivity index (χ1v) is 32.3. The molecule has 0 bridgehead atoms. The van der Waals surface area contributed by atoms with Crippen LogP contribution >= 0.6 is 12.4 Å². The number of ketones is 6. The van der Waals surface area contributed by atoms with Gasteiger partial charge in [0.15, 0.2) is 34.7 Å². The van der Waals surface area contributed by atoms with Crippen molar-refractivity contribution in [3.63, 3.8) is 0 Å². The summed E-state index contributed by atoms with van der Waals surface area (Å²) in [6, 6.07) is 48.6. The first-order chi connectivity index (χ1) is 45.3. The van der Waals surface area contributed by atoms with E-state index in [1.807, 2.05) is 152 Å². The number of benzene rings is 6. The molecule has 16 rings (SSSR count). The van der Waals surface area contributed by atoms with Crippen molar-refractivity contribution >= 4 is 146 Å². The van der Waals surface area contributed by atoms with E-state index in [0.717, 1.165) is 144 Å². The number of nitrogens with two attached hydrogens (primary N) is 1. The van der Waals surface area contributed by atoms with Gasteiger partial charge in [-0.3, -0.25) is 28.8 Å². The number of allylic oxidation sites excluding steroid dienone is 6. The summed E-state index contributed by atoms with van der Waals surface area (Å²) in [7, 11) is 6.35. The second kappa shape index (κ2) is 26.5. The number of hydrogen-bond donors (Lipinski definition) is 4. The Morgan fingerprint density at radius 1 is 0.426 bits per heavy atom. The zero-order chi connectivity index (χ0) is 64.0. The fourth-order valence-corrected chi connectivity index (χ4v) is 14.7. The van der Waals surface area contributed by atoms with Gasteiger partial charge in [-0.05, 0) is 109 Å². The van der Waals surface area contributed by atoms with Crippen LogP contribution < -0.4 is 5.73 Å². The van der Waals surface area contributed by atoms with Gasteiger partial charge < -0.3 is 44.2 Å².